The molecule has 5 rings (SSSR count). The Morgan fingerprint density at radius 2 is 1.66 bits per heavy atom. The highest BCUT2D eigenvalue weighted by Gasteiger charge is 2.32. The van der Waals surface area contributed by atoms with Crippen molar-refractivity contribution in [2.75, 3.05) is 4.90 Å². The molecule has 2 aromatic carbocycles. The minimum absolute atomic E-state index is 0.00314. The number of amides is 1. The van der Waals surface area contributed by atoms with Crippen LogP contribution in [-0.4, -0.2) is 5.91 Å². The van der Waals surface area contributed by atoms with Gasteiger partial charge in [0.15, 0.2) is 0 Å². The summed E-state index contributed by atoms with van der Waals surface area (Å²) in [6, 6.07) is 26.5. The van der Waals surface area contributed by atoms with E-state index in [4.69, 9.17) is 5.26 Å². The summed E-state index contributed by atoms with van der Waals surface area (Å²) in [5.74, 6) is 0.448. The largest absolute Gasteiger partial charge is 0.303 e. The highest BCUT2D eigenvalue weighted by Crippen LogP contribution is 2.42. The Morgan fingerprint density at radius 3 is 2.37 bits per heavy atom. The van der Waals surface area contributed by atoms with Crippen LogP contribution in [0.5, 0.6) is 0 Å². The Bertz CT molecular complexity index is 1490. The fourth-order valence-corrected chi connectivity index (χ4v) is 4.98. The second kappa shape index (κ2) is 8.89. The quantitative estimate of drug-likeness (QED) is 0.299. The number of aryl methyl sites for hydroxylation is 2. The summed E-state index contributed by atoms with van der Waals surface area (Å²) in [7, 11) is 0. The maximum atomic E-state index is 13.7. The summed E-state index contributed by atoms with van der Waals surface area (Å²) in [5, 5.41) is 9.09. The summed E-state index contributed by atoms with van der Waals surface area (Å²) >= 11 is 0. The van der Waals surface area contributed by atoms with E-state index < -0.39 is 0 Å². The van der Waals surface area contributed by atoms with Crippen LogP contribution in [-0.2, 0) is 11.3 Å². The number of para-hydroxylation sites is 1. The molecule has 0 radical (unpaired) electrons. The van der Waals surface area contributed by atoms with Crippen molar-refractivity contribution in [1.82, 2.24) is 0 Å². The van der Waals surface area contributed by atoms with Crippen molar-refractivity contribution in [3.8, 4) is 17.2 Å². The van der Waals surface area contributed by atoms with Gasteiger partial charge in [-0.05, 0) is 83.0 Å². The van der Waals surface area contributed by atoms with Crippen molar-refractivity contribution in [3.63, 3.8) is 0 Å². The average Bonchev–Trinajstić information content (AvgIpc) is 3.21. The molecule has 0 saturated heterocycles. The number of hydrogen-bond acceptors (Lipinski definition) is 2. The van der Waals surface area contributed by atoms with Gasteiger partial charge in [-0.15, -0.1) is 0 Å². The van der Waals surface area contributed by atoms with E-state index in [2.05, 4.69) is 64.1 Å². The van der Waals surface area contributed by atoms with Gasteiger partial charge in [0, 0.05) is 11.1 Å². The first-order valence-electron chi connectivity index (χ1n) is 12.0. The molecule has 2 aromatic rings. The molecule has 0 bridgehead atoms. The molecule has 3 heteroatoms. The zero-order valence-corrected chi connectivity index (χ0v) is 20.6. The predicted molar refractivity (Wildman–Crippen MR) is 143 cm³/mol. The molecule has 0 aromatic heterocycles. The summed E-state index contributed by atoms with van der Waals surface area (Å²) < 4.78 is 0. The van der Waals surface area contributed by atoms with Gasteiger partial charge in [0.2, 0.25) is 0 Å². The molecule has 1 amide bonds. The maximum Gasteiger partial charge on any atom is 0.259 e. The first kappa shape index (κ1) is 22.6. The molecule has 0 N–H and O–H groups in total. The standard InChI is InChI=1S/C32H28N2O/c1-20(2)25-14-9-21(3)31-26(15-22(4)28(31)16-25)17-29-27-7-5-6-8-30(27)34(32(29)35)19-24-12-10-23(18-33)11-13-24/h5-17,20H,19H2,1-4H3. The van der Waals surface area contributed by atoms with Gasteiger partial charge in [-0.2, -0.15) is 5.26 Å². The summed E-state index contributed by atoms with van der Waals surface area (Å²) in [4.78, 5) is 15.6. The van der Waals surface area contributed by atoms with E-state index in [1.54, 1.807) is 12.1 Å². The van der Waals surface area contributed by atoms with Crippen LogP contribution in [0.1, 0.15) is 58.7 Å². The van der Waals surface area contributed by atoms with E-state index >= 15 is 0 Å². The van der Waals surface area contributed by atoms with Gasteiger partial charge in [0.05, 0.1) is 23.9 Å². The molecule has 1 aliphatic heterocycles. The summed E-state index contributed by atoms with van der Waals surface area (Å²) in [6.45, 7) is 9.19. The fraction of sp³-hybridized carbons (Fsp3) is 0.188. The van der Waals surface area contributed by atoms with Crippen LogP contribution in [0.2, 0.25) is 0 Å². The normalized spacial score (nSPS) is 14.1. The van der Waals surface area contributed by atoms with Crippen molar-refractivity contribution in [1.29, 1.82) is 5.26 Å². The van der Waals surface area contributed by atoms with Gasteiger partial charge in [0.25, 0.3) is 5.91 Å². The molecule has 3 aliphatic rings. The highest BCUT2D eigenvalue weighted by atomic mass is 16.2. The van der Waals surface area contributed by atoms with Crippen LogP contribution in [0.4, 0.5) is 5.69 Å². The Labute approximate surface area is 207 Å². The molecule has 2 aliphatic carbocycles. The van der Waals surface area contributed by atoms with E-state index in [-0.39, 0.29) is 5.91 Å². The van der Waals surface area contributed by atoms with Crippen LogP contribution < -0.4 is 4.90 Å². The lowest BCUT2D eigenvalue weighted by molar-refractivity contribution is -0.113. The van der Waals surface area contributed by atoms with Gasteiger partial charge in [0.1, 0.15) is 0 Å². The smallest absolute Gasteiger partial charge is 0.259 e. The summed E-state index contributed by atoms with van der Waals surface area (Å²) in [5.41, 5.74) is 11.5. The lowest BCUT2D eigenvalue weighted by Crippen LogP contribution is -2.25. The molecule has 1 heterocycles. The van der Waals surface area contributed by atoms with Crippen LogP contribution >= 0.6 is 0 Å². The highest BCUT2D eigenvalue weighted by molar-refractivity contribution is 6.36. The predicted octanol–water partition coefficient (Wildman–Crippen LogP) is 7.49. The Morgan fingerprint density at radius 1 is 0.914 bits per heavy atom. The van der Waals surface area contributed by atoms with Crippen molar-refractivity contribution in [2.24, 2.45) is 0 Å². The first-order chi connectivity index (χ1) is 16.9. The van der Waals surface area contributed by atoms with Gasteiger partial charge >= 0.3 is 0 Å². The molecular weight excluding hydrogens is 428 g/mol. The van der Waals surface area contributed by atoms with Crippen LogP contribution in [0.3, 0.4) is 0 Å². The summed E-state index contributed by atoms with van der Waals surface area (Å²) in [6.07, 6.45) is 2.07. The molecular formula is C32H28N2O. The number of carbonyl (C=O) groups is 1. The molecule has 0 atom stereocenters. The molecule has 0 saturated carbocycles. The third kappa shape index (κ3) is 4.02. The molecule has 35 heavy (non-hydrogen) atoms. The van der Waals surface area contributed by atoms with Gasteiger partial charge in [-0.25, -0.2) is 0 Å². The molecule has 0 spiro atoms. The molecule has 0 fully saturated rings. The maximum absolute atomic E-state index is 13.7. The zero-order chi connectivity index (χ0) is 24.7. The lowest BCUT2D eigenvalue weighted by atomic mass is 9.99. The number of rotatable bonds is 4. The zero-order valence-electron chi connectivity index (χ0n) is 20.6. The first-order valence-corrected chi connectivity index (χ1v) is 12.0. The number of anilines is 1. The number of carbonyl (C=O) groups excluding carboxylic acids is 1. The van der Waals surface area contributed by atoms with Crippen LogP contribution in [0, 0.1) is 25.2 Å². The van der Waals surface area contributed by atoms with E-state index in [0.29, 0.717) is 18.0 Å². The molecule has 3 nitrogen and oxygen atoms in total. The molecule has 0 unspecified atom stereocenters. The van der Waals surface area contributed by atoms with Crippen LogP contribution in [0.15, 0.2) is 72.8 Å². The number of benzene rings is 2. The Balaban J connectivity index is 1.59. The van der Waals surface area contributed by atoms with Crippen molar-refractivity contribution in [2.45, 2.75) is 40.2 Å². The topological polar surface area (TPSA) is 44.1 Å². The fourth-order valence-electron chi connectivity index (χ4n) is 4.98. The third-order valence-electron chi connectivity index (χ3n) is 6.94. The van der Waals surface area contributed by atoms with Gasteiger partial charge < -0.3 is 4.90 Å². The second-order valence-electron chi connectivity index (χ2n) is 9.66. The van der Waals surface area contributed by atoms with E-state index in [1.165, 1.54) is 27.8 Å². The average molecular weight is 457 g/mol. The molecule has 172 valence electrons. The van der Waals surface area contributed by atoms with E-state index in [9.17, 15) is 4.79 Å². The van der Waals surface area contributed by atoms with Gasteiger partial charge in [-0.3, -0.25) is 4.79 Å². The van der Waals surface area contributed by atoms with Crippen molar-refractivity contribution < 1.29 is 4.79 Å². The van der Waals surface area contributed by atoms with E-state index in [1.807, 2.05) is 41.3 Å². The third-order valence-corrected chi connectivity index (χ3v) is 6.94. The number of nitrogens with zero attached hydrogens (tertiary/aromatic N) is 2. The minimum Gasteiger partial charge on any atom is -0.303 e. The van der Waals surface area contributed by atoms with Crippen molar-refractivity contribution >= 4 is 23.2 Å². The van der Waals surface area contributed by atoms with E-state index in [0.717, 1.165) is 28.0 Å². The van der Waals surface area contributed by atoms with Crippen LogP contribution in [0.25, 0.3) is 22.8 Å². The monoisotopic (exact) mass is 456 g/mol. The Kier molecular flexibility index (Phi) is 5.75. The number of nitriles is 1. The second-order valence-corrected chi connectivity index (χ2v) is 9.66. The lowest BCUT2D eigenvalue weighted by Gasteiger charge is -2.17. The van der Waals surface area contributed by atoms with Gasteiger partial charge in [-0.1, -0.05) is 68.4 Å². The number of fused-ring (bicyclic) bond motifs is 2. The van der Waals surface area contributed by atoms with Crippen molar-refractivity contribution in [3.05, 3.63) is 112 Å². The Hall–Kier alpha value is -4.16. The minimum atomic E-state index is 0.00314. The SMILES string of the molecule is Cc1cc(C=C2C(=O)N(Cc3ccc(C#N)cc3)c3ccccc32)c2c(C)ccc(C(C)C)cc1-2. The number of hydrogen-bond donors (Lipinski definition) is 0.